The Morgan fingerprint density at radius 3 is 2.62 bits per heavy atom. The van der Waals surface area contributed by atoms with Gasteiger partial charge in [-0.25, -0.2) is 12.8 Å². The van der Waals surface area contributed by atoms with Gasteiger partial charge in [-0.1, -0.05) is 44.0 Å². The van der Waals surface area contributed by atoms with E-state index in [9.17, 15) is 17.6 Å². The van der Waals surface area contributed by atoms with Gasteiger partial charge in [0.25, 0.3) is 10.0 Å². The SMILES string of the molecule is CCCC[C@H](N=C1NS(=O)(=O)c2ccccc21)C(=O)NCCc1ccc(F)cc1. The van der Waals surface area contributed by atoms with E-state index in [4.69, 9.17) is 0 Å². The Labute approximate surface area is 170 Å². The Kier molecular flexibility index (Phi) is 6.64. The van der Waals surface area contributed by atoms with E-state index in [1.165, 1.54) is 18.2 Å². The van der Waals surface area contributed by atoms with Crippen molar-refractivity contribution in [1.29, 1.82) is 0 Å². The molecule has 2 aromatic rings. The first-order valence-electron chi connectivity index (χ1n) is 9.63. The van der Waals surface area contributed by atoms with Crippen molar-refractivity contribution in [2.24, 2.45) is 4.99 Å². The van der Waals surface area contributed by atoms with Crippen molar-refractivity contribution in [2.45, 2.75) is 43.5 Å². The first kappa shape index (κ1) is 21.0. The molecule has 1 aliphatic heterocycles. The lowest BCUT2D eigenvalue weighted by Gasteiger charge is -2.14. The van der Waals surface area contributed by atoms with Gasteiger partial charge in [-0.05, 0) is 42.7 Å². The van der Waals surface area contributed by atoms with Crippen molar-refractivity contribution in [3.63, 3.8) is 0 Å². The number of halogens is 1. The molecule has 1 heterocycles. The number of carbonyl (C=O) groups is 1. The van der Waals surface area contributed by atoms with Crippen LogP contribution in [0.3, 0.4) is 0 Å². The van der Waals surface area contributed by atoms with Gasteiger partial charge in [-0.3, -0.25) is 14.5 Å². The van der Waals surface area contributed by atoms with Crippen LogP contribution in [-0.2, 0) is 21.2 Å². The summed E-state index contributed by atoms with van der Waals surface area (Å²) >= 11 is 0. The highest BCUT2D eigenvalue weighted by Crippen LogP contribution is 2.23. The van der Waals surface area contributed by atoms with Gasteiger partial charge in [-0.2, -0.15) is 0 Å². The van der Waals surface area contributed by atoms with Crippen molar-refractivity contribution in [1.82, 2.24) is 10.0 Å². The maximum Gasteiger partial charge on any atom is 0.263 e. The monoisotopic (exact) mass is 417 g/mol. The zero-order chi connectivity index (χ0) is 20.9. The van der Waals surface area contributed by atoms with Gasteiger partial charge in [-0.15, -0.1) is 0 Å². The Balaban J connectivity index is 1.71. The molecule has 6 nitrogen and oxygen atoms in total. The number of carbonyl (C=O) groups excluding carboxylic acids is 1. The largest absolute Gasteiger partial charge is 0.354 e. The summed E-state index contributed by atoms with van der Waals surface area (Å²) in [7, 11) is -3.65. The van der Waals surface area contributed by atoms with Crippen LogP contribution in [0.4, 0.5) is 4.39 Å². The molecule has 2 aromatic carbocycles. The van der Waals surface area contributed by atoms with Crippen molar-refractivity contribution in [2.75, 3.05) is 6.54 Å². The van der Waals surface area contributed by atoms with Crippen LogP contribution in [0.15, 0.2) is 58.4 Å². The highest BCUT2D eigenvalue weighted by molar-refractivity contribution is 7.90. The number of aliphatic imine (C=N–C) groups is 1. The number of nitrogens with zero attached hydrogens (tertiary/aromatic N) is 1. The summed E-state index contributed by atoms with van der Waals surface area (Å²) < 4.78 is 40.0. The minimum absolute atomic E-state index is 0.171. The number of rotatable bonds is 8. The van der Waals surface area contributed by atoms with Crippen molar-refractivity contribution in [3.8, 4) is 0 Å². The molecule has 1 amide bonds. The molecule has 154 valence electrons. The molecule has 1 aliphatic rings. The molecule has 0 aromatic heterocycles. The number of fused-ring (bicyclic) bond motifs is 1. The van der Waals surface area contributed by atoms with E-state index in [2.05, 4.69) is 15.0 Å². The number of unbranched alkanes of at least 4 members (excludes halogenated alkanes) is 1. The van der Waals surface area contributed by atoms with Crippen LogP contribution >= 0.6 is 0 Å². The van der Waals surface area contributed by atoms with Crippen molar-refractivity contribution < 1.29 is 17.6 Å². The Bertz CT molecular complexity index is 1000. The molecule has 0 bridgehead atoms. The molecular weight excluding hydrogens is 393 g/mol. The van der Waals surface area contributed by atoms with E-state index >= 15 is 0 Å². The highest BCUT2D eigenvalue weighted by atomic mass is 32.2. The van der Waals surface area contributed by atoms with Gasteiger partial charge in [0.15, 0.2) is 0 Å². The topological polar surface area (TPSA) is 87.6 Å². The maximum absolute atomic E-state index is 13.0. The third-order valence-electron chi connectivity index (χ3n) is 4.71. The lowest BCUT2D eigenvalue weighted by Crippen LogP contribution is -2.36. The minimum Gasteiger partial charge on any atom is -0.354 e. The van der Waals surface area contributed by atoms with E-state index < -0.39 is 16.1 Å². The first-order valence-corrected chi connectivity index (χ1v) is 11.1. The third kappa shape index (κ3) is 5.20. The fourth-order valence-electron chi connectivity index (χ4n) is 3.14. The summed E-state index contributed by atoms with van der Waals surface area (Å²) in [5, 5.41) is 2.86. The lowest BCUT2D eigenvalue weighted by atomic mass is 10.1. The second kappa shape index (κ2) is 9.17. The molecule has 0 saturated heterocycles. The number of hydrogen-bond donors (Lipinski definition) is 2. The van der Waals surface area contributed by atoms with E-state index in [1.807, 2.05) is 6.92 Å². The van der Waals surface area contributed by atoms with Crippen LogP contribution in [0.25, 0.3) is 0 Å². The molecule has 1 atom stereocenters. The van der Waals surface area contributed by atoms with Crippen LogP contribution in [0.2, 0.25) is 0 Å². The maximum atomic E-state index is 13.0. The Hall–Kier alpha value is -2.74. The predicted molar refractivity (Wildman–Crippen MR) is 110 cm³/mol. The normalized spacial score (nSPS) is 16.8. The molecule has 3 rings (SSSR count). The number of benzene rings is 2. The van der Waals surface area contributed by atoms with Crippen molar-refractivity contribution >= 4 is 21.8 Å². The van der Waals surface area contributed by atoms with Crippen LogP contribution in [-0.4, -0.2) is 32.7 Å². The third-order valence-corrected chi connectivity index (χ3v) is 6.10. The van der Waals surface area contributed by atoms with Crippen LogP contribution in [0.1, 0.15) is 37.3 Å². The zero-order valence-electron chi connectivity index (χ0n) is 16.2. The number of amidine groups is 1. The molecule has 29 heavy (non-hydrogen) atoms. The van der Waals surface area contributed by atoms with E-state index in [0.29, 0.717) is 24.9 Å². The molecular formula is C21H24FN3O3S. The standard InChI is InChI=1S/C21H24FN3O3S/c1-2-3-7-18(21(26)23-14-13-15-9-11-16(22)12-10-15)24-20-17-6-4-5-8-19(17)29(27,28)25-20/h4-6,8-12,18H,2-3,7,13-14H2,1H3,(H,23,26)(H,24,25)/t18-/m0/s1. The summed E-state index contributed by atoms with van der Waals surface area (Å²) in [5.74, 6) is -0.348. The smallest absolute Gasteiger partial charge is 0.263 e. The van der Waals surface area contributed by atoms with Gasteiger partial charge < -0.3 is 5.32 Å². The average molecular weight is 418 g/mol. The number of nitrogens with one attached hydrogen (secondary N) is 2. The van der Waals surface area contributed by atoms with E-state index in [1.54, 1.807) is 30.3 Å². The summed E-state index contributed by atoms with van der Waals surface area (Å²) in [6, 6.07) is 12.0. The molecule has 8 heteroatoms. The molecule has 0 unspecified atom stereocenters. The van der Waals surface area contributed by atoms with E-state index in [0.717, 1.165) is 18.4 Å². The predicted octanol–water partition coefficient (Wildman–Crippen LogP) is 2.78. The minimum atomic E-state index is -3.65. The van der Waals surface area contributed by atoms with Crippen LogP contribution in [0, 0.1) is 5.82 Å². The van der Waals surface area contributed by atoms with Gasteiger partial charge in [0.1, 0.15) is 17.7 Å². The quantitative estimate of drug-likeness (QED) is 0.692. The second-order valence-electron chi connectivity index (χ2n) is 6.90. The molecule has 0 radical (unpaired) electrons. The average Bonchev–Trinajstić information content (AvgIpc) is 2.97. The Morgan fingerprint density at radius 2 is 1.90 bits per heavy atom. The fourth-order valence-corrected chi connectivity index (χ4v) is 4.38. The van der Waals surface area contributed by atoms with Gasteiger partial charge in [0, 0.05) is 12.1 Å². The number of amides is 1. The van der Waals surface area contributed by atoms with Gasteiger partial charge >= 0.3 is 0 Å². The van der Waals surface area contributed by atoms with Crippen LogP contribution < -0.4 is 10.0 Å². The fraction of sp³-hybridized carbons (Fsp3) is 0.333. The van der Waals surface area contributed by atoms with E-state index in [-0.39, 0.29) is 22.5 Å². The Morgan fingerprint density at radius 1 is 1.17 bits per heavy atom. The van der Waals surface area contributed by atoms with Crippen LogP contribution in [0.5, 0.6) is 0 Å². The highest BCUT2D eigenvalue weighted by Gasteiger charge is 2.31. The van der Waals surface area contributed by atoms with Gasteiger partial charge in [0.2, 0.25) is 5.91 Å². The molecule has 0 spiro atoms. The number of sulfonamides is 1. The number of hydrogen-bond acceptors (Lipinski definition) is 4. The summed E-state index contributed by atoms with van der Waals surface area (Å²) in [5.41, 5.74) is 1.40. The first-order chi connectivity index (χ1) is 13.9. The lowest BCUT2D eigenvalue weighted by molar-refractivity contribution is -0.122. The summed E-state index contributed by atoms with van der Waals surface area (Å²) in [4.78, 5) is 17.3. The van der Waals surface area contributed by atoms with Gasteiger partial charge in [0.05, 0.1) is 4.90 Å². The zero-order valence-corrected chi connectivity index (χ0v) is 17.0. The second-order valence-corrected chi connectivity index (χ2v) is 8.56. The van der Waals surface area contributed by atoms with Crippen molar-refractivity contribution in [3.05, 3.63) is 65.5 Å². The summed E-state index contributed by atoms with van der Waals surface area (Å²) in [6.07, 6.45) is 2.78. The molecule has 0 saturated carbocycles. The molecule has 0 aliphatic carbocycles. The molecule has 2 N–H and O–H groups in total. The summed E-state index contributed by atoms with van der Waals surface area (Å²) in [6.45, 7) is 2.41. The molecule has 0 fully saturated rings.